The van der Waals surface area contributed by atoms with Crippen LogP contribution in [0.1, 0.15) is 90.8 Å². The van der Waals surface area contributed by atoms with Gasteiger partial charge in [0.15, 0.2) is 0 Å². The molecule has 2 aromatic heterocycles. The number of hydrogen-bond donors (Lipinski definition) is 1. The Morgan fingerprint density at radius 1 is 0.562 bits per heavy atom. The molecule has 64 heavy (non-hydrogen) atoms. The Balaban J connectivity index is 1.28. The molecule has 0 bridgehead atoms. The summed E-state index contributed by atoms with van der Waals surface area (Å²) in [5.41, 5.74) is 18.1. The zero-order valence-corrected chi connectivity index (χ0v) is 38.4. The summed E-state index contributed by atoms with van der Waals surface area (Å²) in [4.78, 5) is 10.4. The molecule has 0 saturated heterocycles. The second kappa shape index (κ2) is 16.9. The quantitative estimate of drug-likeness (QED) is 0.158. The van der Waals surface area contributed by atoms with Crippen molar-refractivity contribution in [1.29, 1.82) is 0 Å². The lowest BCUT2D eigenvalue weighted by Gasteiger charge is -2.25. The molecule has 7 aromatic carbocycles. The standard InChI is InChI=1S/C60H57N3O/c1-37(2)41-22-24-43(25-23-41)44-28-29-61-55(35-44)47-33-45(42-16-11-10-12-17-42)32-46(34-47)49-19-15-21-56-57(49)62-59(53-31-39(5)30-40(6)58(53)64)63(56)48-26-27-50(52(36-48)38(3)4)51-18-13-14-20-54(51)60(7,8)9/h10-38,64H,1-9H3/i37D,38D. The fourth-order valence-corrected chi connectivity index (χ4v) is 9.09. The Labute approximate surface area is 381 Å². The lowest BCUT2D eigenvalue weighted by atomic mass is 9.80. The molecule has 0 aliphatic rings. The molecular weight excluding hydrogens is 779 g/mol. The molecule has 2 heterocycles. The van der Waals surface area contributed by atoms with Gasteiger partial charge in [-0.3, -0.25) is 9.55 Å². The SMILES string of the molecule is [2H]C(C)(C)c1ccc(-c2ccnc(-c3cc(-c4ccccc4)cc(-c4cccc5c4nc(-c4cc(C)cc(C)c4O)n5-c4ccc(-c5ccccc5C(C)(C)C)c(C([2H])(C)C)c4)c3)c2)cc1. The predicted molar refractivity (Wildman–Crippen MR) is 269 cm³/mol. The highest BCUT2D eigenvalue weighted by Crippen LogP contribution is 2.43. The number of rotatable bonds is 9. The van der Waals surface area contributed by atoms with E-state index in [2.05, 4.69) is 147 Å². The molecule has 1 N–H and O–H groups in total. The van der Waals surface area contributed by atoms with E-state index in [-0.39, 0.29) is 11.2 Å². The number of aryl methyl sites for hydroxylation is 2. The predicted octanol–water partition coefficient (Wildman–Crippen LogP) is 16.3. The van der Waals surface area contributed by atoms with Gasteiger partial charge in [0.25, 0.3) is 0 Å². The van der Waals surface area contributed by atoms with Crippen LogP contribution in [0.25, 0.3) is 83.9 Å². The number of pyridine rings is 1. The van der Waals surface area contributed by atoms with Crippen LogP contribution in [0.15, 0.2) is 164 Å². The molecule has 0 aliphatic carbocycles. The summed E-state index contributed by atoms with van der Waals surface area (Å²) >= 11 is 0. The van der Waals surface area contributed by atoms with Crippen molar-refractivity contribution in [3.05, 3.63) is 192 Å². The smallest absolute Gasteiger partial charge is 0.149 e. The molecule has 318 valence electrons. The summed E-state index contributed by atoms with van der Waals surface area (Å²) in [6.45, 7) is 18.4. The second-order valence-corrected chi connectivity index (χ2v) is 18.6. The monoisotopic (exact) mass is 837 g/mol. The topological polar surface area (TPSA) is 50.9 Å². The first kappa shape index (κ1) is 39.8. The van der Waals surface area contributed by atoms with Crippen LogP contribution in [0.3, 0.4) is 0 Å². The number of phenols is 1. The minimum absolute atomic E-state index is 0.105. The highest BCUT2D eigenvalue weighted by atomic mass is 16.3. The van der Waals surface area contributed by atoms with E-state index in [0.29, 0.717) is 11.4 Å². The highest BCUT2D eigenvalue weighted by Gasteiger charge is 2.25. The molecule has 0 spiro atoms. The van der Waals surface area contributed by atoms with Crippen molar-refractivity contribution in [3.63, 3.8) is 0 Å². The zero-order chi connectivity index (χ0) is 46.7. The summed E-state index contributed by atoms with van der Waals surface area (Å²) < 4.78 is 20.2. The van der Waals surface area contributed by atoms with Crippen LogP contribution in [0.5, 0.6) is 5.75 Å². The number of para-hydroxylation sites is 1. The van der Waals surface area contributed by atoms with Gasteiger partial charge >= 0.3 is 0 Å². The van der Waals surface area contributed by atoms with E-state index >= 15 is 0 Å². The van der Waals surface area contributed by atoms with E-state index in [1.807, 2.05) is 84.1 Å². The van der Waals surface area contributed by atoms with Gasteiger partial charge in [-0.25, -0.2) is 4.98 Å². The summed E-state index contributed by atoms with van der Waals surface area (Å²) in [5, 5.41) is 11.8. The molecule has 4 nitrogen and oxygen atoms in total. The van der Waals surface area contributed by atoms with Crippen molar-refractivity contribution in [3.8, 4) is 78.6 Å². The van der Waals surface area contributed by atoms with Crippen LogP contribution in [0.2, 0.25) is 0 Å². The molecule has 4 heteroatoms. The number of aromatic nitrogens is 3. The molecule has 9 rings (SSSR count). The number of phenolic OH excluding ortho intramolecular Hbond substituents is 1. The lowest BCUT2D eigenvalue weighted by molar-refractivity contribution is 0.472. The fourth-order valence-electron chi connectivity index (χ4n) is 9.09. The molecule has 0 saturated carbocycles. The first-order chi connectivity index (χ1) is 31.3. The first-order valence-corrected chi connectivity index (χ1v) is 22.2. The van der Waals surface area contributed by atoms with Gasteiger partial charge in [-0.1, -0.05) is 152 Å². The van der Waals surface area contributed by atoms with Crippen molar-refractivity contribution in [1.82, 2.24) is 14.5 Å². The third kappa shape index (κ3) is 8.05. The number of fused-ring (bicyclic) bond motifs is 1. The Bertz CT molecular complexity index is 3270. The van der Waals surface area contributed by atoms with Crippen molar-refractivity contribution in [2.75, 3.05) is 0 Å². The van der Waals surface area contributed by atoms with E-state index < -0.39 is 11.8 Å². The van der Waals surface area contributed by atoms with Gasteiger partial charge in [0.1, 0.15) is 11.6 Å². The second-order valence-electron chi connectivity index (χ2n) is 18.6. The molecule has 0 unspecified atom stereocenters. The third-order valence-corrected chi connectivity index (χ3v) is 12.4. The number of nitrogens with zero attached hydrogens (tertiary/aromatic N) is 3. The molecule has 0 radical (unpaired) electrons. The molecule has 0 atom stereocenters. The lowest BCUT2D eigenvalue weighted by Crippen LogP contribution is -2.13. The van der Waals surface area contributed by atoms with Crippen molar-refractivity contribution in [2.24, 2.45) is 0 Å². The average Bonchev–Trinajstić information content (AvgIpc) is 3.69. The Morgan fingerprint density at radius 2 is 1.25 bits per heavy atom. The van der Waals surface area contributed by atoms with Crippen molar-refractivity contribution < 1.29 is 7.85 Å². The zero-order valence-electron chi connectivity index (χ0n) is 40.4. The molecule has 0 fully saturated rings. The highest BCUT2D eigenvalue weighted by molar-refractivity contribution is 5.98. The number of aromatic hydroxyl groups is 1. The van der Waals surface area contributed by atoms with E-state index in [9.17, 15) is 6.48 Å². The number of hydrogen-bond acceptors (Lipinski definition) is 3. The summed E-state index contributed by atoms with van der Waals surface area (Å²) in [6, 6.07) is 54.8. The fraction of sp³-hybridized carbons (Fsp3) is 0.200. The molecular formula is C60H57N3O. The third-order valence-electron chi connectivity index (χ3n) is 12.4. The maximum Gasteiger partial charge on any atom is 0.149 e. The number of benzene rings is 7. The van der Waals surface area contributed by atoms with Gasteiger partial charge in [-0.15, -0.1) is 0 Å². The van der Waals surface area contributed by atoms with Gasteiger partial charge in [-0.2, -0.15) is 0 Å². The van der Waals surface area contributed by atoms with Crippen LogP contribution >= 0.6 is 0 Å². The van der Waals surface area contributed by atoms with E-state index in [4.69, 9.17) is 11.3 Å². The average molecular weight is 838 g/mol. The maximum atomic E-state index is 11.8. The normalized spacial score (nSPS) is 12.6. The van der Waals surface area contributed by atoms with Crippen molar-refractivity contribution in [2.45, 2.75) is 79.5 Å². The van der Waals surface area contributed by atoms with Crippen LogP contribution in [0, 0.1) is 13.8 Å². The first-order valence-electron chi connectivity index (χ1n) is 23.2. The van der Waals surface area contributed by atoms with Gasteiger partial charge < -0.3 is 5.11 Å². The van der Waals surface area contributed by atoms with E-state index in [1.165, 1.54) is 5.56 Å². The minimum Gasteiger partial charge on any atom is -0.507 e. The largest absolute Gasteiger partial charge is 0.507 e. The van der Waals surface area contributed by atoms with Crippen LogP contribution in [-0.2, 0) is 5.41 Å². The summed E-state index contributed by atoms with van der Waals surface area (Å²) in [5.74, 6) is -0.817. The molecule has 0 amide bonds. The Morgan fingerprint density at radius 3 is 1.98 bits per heavy atom. The minimum atomic E-state index is -0.942. The van der Waals surface area contributed by atoms with Gasteiger partial charge in [-0.05, 0) is 152 Å². The molecule has 9 aromatic rings. The van der Waals surface area contributed by atoms with Gasteiger partial charge in [0.2, 0.25) is 0 Å². The summed E-state index contributed by atoms with van der Waals surface area (Å²) in [6.07, 6.45) is 1.87. The van der Waals surface area contributed by atoms with Crippen LogP contribution < -0.4 is 0 Å². The van der Waals surface area contributed by atoms with Crippen molar-refractivity contribution >= 4 is 11.0 Å². The number of imidazole rings is 1. The molecule has 0 aliphatic heterocycles. The van der Waals surface area contributed by atoms with E-state index in [0.717, 1.165) is 94.7 Å². The Kier molecular flexibility index (Phi) is 10.5. The Hall–Kier alpha value is -7.04. The maximum absolute atomic E-state index is 11.8. The van der Waals surface area contributed by atoms with Gasteiger partial charge in [0.05, 0.1) is 22.3 Å². The van der Waals surface area contributed by atoms with Crippen LogP contribution in [0.4, 0.5) is 0 Å². The van der Waals surface area contributed by atoms with E-state index in [1.54, 1.807) is 0 Å². The van der Waals surface area contributed by atoms with Crippen LogP contribution in [-0.4, -0.2) is 19.6 Å². The van der Waals surface area contributed by atoms with Gasteiger partial charge in [0, 0.05) is 25.8 Å². The summed E-state index contributed by atoms with van der Waals surface area (Å²) in [7, 11) is 0.